The van der Waals surface area contributed by atoms with Gasteiger partial charge in [-0.05, 0) is 28.8 Å². The number of nitrogens with zero attached hydrogens (tertiary/aromatic N) is 1. The van der Waals surface area contributed by atoms with Crippen LogP contribution >= 0.6 is 0 Å². The van der Waals surface area contributed by atoms with Gasteiger partial charge in [0.1, 0.15) is 11.6 Å². The predicted molar refractivity (Wildman–Crippen MR) is 107 cm³/mol. The van der Waals surface area contributed by atoms with E-state index in [1.165, 1.54) is 0 Å². The molecule has 0 amide bonds. The Labute approximate surface area is 168 Å². The van der Waals surface area contributed by atoms with Gasteiger partial charge < -0.3 is 5.11 Å². The molecule has 148 valence electrons. The van der Waals surface area contributed by atoms with Gasteiger partial charge in [0.05, 0.1) is 12.0 Å². The molecule has 0 aromatic heterocycles. The van der Waals surface area contributed by atoms with E-state index >= 15 is 0 Å². The van der Waals surface area contributed by atoms with Crippen LogP contribution in [0.4, 0.5) is 8.78 Å². The van der Waals surface area contributed by atoms with Gasteiger partial charge in [-0.2, -0.15) is 0 Å². The minimum atomic E-state index is -1.06. The molecule has 1 atom stereocenters. The highest BCUT2D eigenvalue weighted by Gasteiger charge is 2.42. The zero-order valence-corrected chi connectivity index (χ0v) is 15.7. The van der Waals surface area contributed by atoms with Crippen LogP contribution in [0.15, 0.2) is 78.9 Å². The Hall–Kier alpha value is -3.05. The third-order valence-corrected chi connectivity index (χ3v) is 5.52. The first-order valence-electron chi connectivity index (χ1n) is 9.55. The standard InChI is InChI=1S/C24H21F2NO2/c25-20-11-18(12-21(26)13-20)22(24(28)29)19-14-27(15-19)23(16-7-3-1-4-8-16)17-9-5-2-6-10-17/h1-13,19,22-23H,14-15H2,(H,28,29). The van der Waals surface area contributed by atoms with E-state index in [9.17, 15) is 18.7 Å². The van der Waals surface area contributed by atoms with Gasteiger partial charge in [0.2, 0.25) is 0 Å². The Morgan fingerprint density at radius 2 is 1.31 bits per heavy atom. The first kappa shape index (κ1) is 19.3. The summed E-state index contributed by atoms with van der Waals surface area (Å²) in [5.41, 5.74) is 2.43. The van der Waals surface area contributed by atoms with Crippen LogP contribution < -0.4 is 0 Å². The Bertz CT molecular complexity index is 929. The number of rotatable bonds is 6. The number of halogens is 2. The molecule has 0 saturated carbocycles. The molecule has 1 saturated heterocycles. The van der Waals surface area contributed by atoms with E-state index < -0.39 is 23.5 Å². The van der Waals surface area contributed by atoms with Crippen molar-refractivity contribution in [2.45, 2.75) is 12.0 Å². The molecule has 0 spiro atoms. The van der Waals surface area contributed by atoms with Crippen LogP contribution in [0.1, 0.15) is 28.7 Å². The molecule has 0 radical (unpaired) electrons. The van der Waals surface area contributed by atoms with Crippen molar-refractivity contribution < 1.29 is 18.7 Å². The number of hydrogen-bond acceptors (Lipinski definition) is 2. The molecule has 0 bridgehead atoms. The summed E-state index contributed by atoms with van der Waals surface area (Å²) in [6.07, 6.45) is 0. The molecule has 1 N–H and O–H groups in total. The lowest BCUT2D eigenvalue weighted by molar-refractivity contribution is -0.142. The van der Waals surface area contributed by atoms with Crippen LogP contribution in [-0.4, -0.2) is 29.1 Å². The van der Waals surface area contributed by atoms with Crippen molar-refractivity contribution in [1.29, 1.82) is 0 Å². The van der Waals surface area contributed by atoms with E-state index in [4.69, 9.17) is 0 Å². The number of benzene rings is 3. The molecule has 1 unspecified atom stereocenters. The molecule has 5 heteroatoms. The number of carboxylic acid groups (broad SMARTS) is 1. The van der Waals surface area contributed by atoms with E-state index in [2.05, 4.69) is 29.2 Å². The van der Waals surface area contributed by atoms with Gasteiger partial charge in [0.15, 0.2) is 0 Å². The van der Waals surface area contributed by atoms with Crippen LogP contribution in [0.3, 0.4) is 0 Å². The quantitative estimate of drug-likeness (QED) is 0.651. The second-order valence-corrected chi connectivity index (χ2v) is 7.46. The SMILES string of the molecule is O=C(O)C(c1cc(F)cc(F)c1)C1CN(C(c2ccccc2)c2ccccc2)C1. The van der Waals surface area contributed by atoms with Crippen LogP contribution in [0.5, 0.6) is 0 Å². The number of carboxylic acids is 1. The van der Waals surface area contributed by atoms with Crippen molar-refractivity contribution in [2.75, 3.05) is 13.1 Å². The zero-order chi connectivity index (χ0) is 20.4. The highest BCUT2D eigenvalue weighted by Crippen LogP contribution is 2.40. The first-order valence-corrected chi connectivity index (χ1v) is 9.55. The lowest BCUT2D eigenvalue weighted by Gasteiger charge is -2.47. The summed E-state index contributed by atoms with van der Waals surface area (Å²) >= 11 is 0. The Morgan fingerprint density at radius 1 is 0.828 bits per heavy atom. The molecule has 4 rings (SSSR count). The third-order valence-electron chi connectivity index (χ3n) is 5.52. The summed E-state index contributed by atoms with van der Waals surface area (Å²) in [4.78, 5) is 14.1. The van der Waals surface area contributed by atoms with Gasteiger partial charge in [0.25, 0.3) is 0 Å². The Morgan fingerprint density at radius 3 is 1.76 bits per heavy atom. The lowest BCUT2D eigenvalue weighted by Crippen LogP contribution is -2.52. The van der Waals surface area contributed by atoms with E-state index in [0.29, 0.717) is 13.1 Å². The fraction of sp³-hybridized carbons (Fsp3) is 0.208. The van der Waals surface area contributed by atoms with Gasteiger partial charge >= 0.3 is 5.97 Å². The van der Waals surface area contributed by atoms with Crippen molar-refractivity contribution in [2.24, 2.45) is 5.92 Å². The third kappa shape index (κ3) is 4.05. The minimum Gasteiger partial charge on any atom is -0.481 e. The van der Waals surface area contributed by atoms with Gasteiger partial charge in [-0.3, -0.25) is 9.69 Å². The summed E-state index contributed by atoms with van der Waals surface area (Å²) in [6, 6.07) is 23.1. The fourth-order valence-corrected chi connectivity index (χ4v) is 4.23. The lowest BCUT2D eigenvalue weighted by atomic mass is 9.79. The molecule has 0 aliphatic carbocycles. The van der Waals surface area contributed by atoms with Crippen LogP contribution in [-0.2, 0) is 4.79 Å². The Kier molecular flexibility index (Phi) is 5.41. The first-order chi connectivity index (χ1) is 14.0. The van der Waals surface area contributed by atoms with Gasteiger partial charge in [-0.15, -0.1) is 0 Å². The number of hydrogen-bond donors (Lipinski definition) is 1. The molecular weight excluding hydrogens is 372 g/mol. The van der Waals surface area contributed by atoms with Crippen LogP contribution in [0.25, 0.3) is 0 Å². The van der Waals surface area contributed by atoms with Crippen molar-refractivity contribution >= 4 is 5.97 Å². The predicted octanol–water partition coefficient (Wildman–Crippen LogP) is 4.85. The monoisotopic (exact) mass is 393 g/mol. The van der Waals surface area contributed by atoms with Gasteiger partial charge in [0, 0.05) is 25.1 Å². The van der Waals surface area contributed by atoms with Crippen LogP contribution in [0.2, 0.25) is 0 Å². The zero-order valence-electron chi connectivity index (χ0n) is 15.7. The molecule has 1 fully saturated rings. The summed E-state index contributed by atoms with van der Waals surface area (Å²) in [7, 11) is 0. The molecule has 3 aromatic carbocycles. The molecule has 1 aliphatic heterocycles. The average Bonchev–Trinajstić information content (AvgIpc) is 2.67. The largest absolute Gasteiger partial charge is 0.481 e. The van der Waals surface area contributed by atoms with E-state index in [0.717, 1.165) is 29.3 Å². The second-order valence-electron chi connectivity index (χ2n) is 7.46. The topological polar surface area (TPSA) is 40.5 Å². The maximum Gasteiger partial charge on any atom is 0.311 e. The van der Waals surface area contributed by atoms with Gasteiger partial charge in [-0.1, -0.05) is 60.7 Å². The highest BCUT2D eigenvalue weighted by molar-refractivity contribution is 5.76. The molecule has 3 nitrogen and oxygen atoms in total. The minimum absolute atomic E-state index is 0.00680. The van der Waals surface area contributed by atoms with E-state index in [-0.39, 0.29) is 17.5 Å². The molecule has 29 heavy (non-hydrogen) atoms. The highest BCUT2D eigenvalue weighted by atomic mass is 19.1. The summed E-state index contributed by atoms with van der Waals surface area (Å²) in [6.45, 7) is 1.06. The molecule has 1 aliphatic rings. The van der Waals surface area contributed by atoms with Crippen molar-refractivity contribution in [1.82, 2.24) is 4.90 Å². The summed E-state index contributed by atoms with van der Waals surface area (Å²) in [5.74, 6) is -3.73. The van der Waals surface area contributed by atoms with Crippen LogP contribution in [0, 0.1) is 17.6 Å². The van der Waals surface area contributed by atoms with E-state index in [1.807, 2.05) is 36.4 Å². The van der Waals surface area contributed by atoms with Crippen molar-refractivity contribution in [3.8, 4) is 0 Å². The smallest absolute Gasteiger partial charge is 0.311 e. The number of likely N-dealkylation sites (tertiary alicyclic amines) is 1. The number of aliphatic carboxylic acids is 1. The maximum absolute atomic E-state index is 13.6. The number of carbonyl (C=O) groups is 1. The van der Waals surface area contributed by atoms with Crippen molar-refractivity contribution in [3.63, 3.8) is 0 Å². The summed E-state index contributed by atoms with van der Waals surface area (Å²) in [5, 5.41) is 9.74. The fourth-order valence-electron chi connectivity index (χ4n) is 4.23. The maximum atomic E-state index is 13.6. The molecule has 1 heterocycles. The molecule has 3 aromatic rings. The molecular formula is C24H21F2NO2. The second kappa shape index (κ2) is 8.13. The average molecular weight is 393 g/mol. The normalized spacial score (nSPS) is 15.8. The van der Waals surface area contributed by atoms with E-state index in [1.54, 1.807) is 0 Å². The summed E-state index contributed by atoms with van der Waals surface area (Å²) < 4.78 is 27.3. The Balaban J connectivity index is 1.59. The van der Waals surface area contributed by atoms with Crippen molar-refractivity contribution in [3.05, 3.63) is 107 Å². The van der Waals surface area contributed by atoms with Gasteiger partial charge in [-0.25, -0.2) is 8.78 Å².